The normalized spacial score (nSPS) is 14.4. The lowest BCUT2D eigenvalue weighted by Gasteiger charge is -2.27. The molecule has 0 heterocycles. The molecule has 0 bridgehead atoms. The number of carbonyl (C=O) groups is 1. The number of aliphatic hydroxyl groups excluding tert-OH is 4. The van der Waals surface area contributed by atoms with Crippen LogP contribution in [0.4, 0.5) is 0 Å². The summed E-state index contributed by atoms with van der Waals surface area (Å²) in [6.45, 7) is 4.03. The van der Waals surface area contributed by atoms with Crippen LogP contribution in [-0.2, 0) is 4.79 Å². The summed E-state index contributed by atoms with van der Waals surface area (Å²) in [6, 6.07) is -0.995. The summed E-state index contributed by atoms with van der Waals surface area (Å²) < 4.78 is 0. The zero-order chi connectivity index (χ0) is 35.3. The summed E-state index contributed by atoms with van der Waals surface area (Å²) in [5, 5.41) is 43.5. The Balaban J connectivity index is 3.73. The van der Waals surface area contributed by atoms with Gasteiger partial charge in [0, 0.05) is 0 Å². The highest BCUT2D eigenvalue weighted by Gasteiger charge is 2.28. The smallest absolute Gasteiger partial charge is 0.249 e. The second kappa shape index (κ2) is 37.3. The molecule has 0 saturated carbocycles. The molecule has 0 aliphatic carbocycles. The van der Waals surface area contributed by atoms with Crippen molar-refractivity contribution in [1.29, 1.82) is 0 Å². The molecular formula is C42H83NO5. The molecule has 48 heavy (non-hydrogen) atoms. The topological polar surface area (TPSA) is 110 Å². The number of hydrogen-bond donors (Lipinski definition) is 5. The first-order valence-electron chi connectivity index (χ1n) is 21.1. The Morgan fingerprint density at radius 3 is 1.25 bits per heavy atom. The number of nitrogens with one attached hydrogen (secondary N) is 1. The largest absolute Gasteiger partial charge is 0.394 e. The maximum Gasteiger partial charge on any atom is 0.249 e. The van der Waals surface area contributed by atoms with Gasteiger partial charge < -0.3 is 25.7 Å². The molecule has 286 valence electrons. The zero-order valence-corrected chi connectivity index (χ0v) is 32.0. The van der Waals surface area contributed by atoms with Crippen LogP contribution in [-0.4, -0.2) is 57.3 Å². The van der Waals surface area contributed by atoms with Gasteiger partial charge in [0.15, 0.2) is 0 Å². The van der Waals surface area contributed by atoms with Crippen LogP contribution in [0, 0.1) is 0 Å². The van der Waals surface area contributed by atoms with E-state index in [0.717, 1.165) is 38.5 Å². The van der Waals surface area contributed by atoms with E-state index in [1.807, 2.05) is 0 Å². The van der Waals surface area contributed by atoms with Crippen LogP contribution in [0.3, 0.4) is 0 Å². The first-order valence-corrected chi connectivity index (χ1v) is 21.1. The molecule has 0 aromatic rings. The Kier molecular flexibility index (Phi) is 36.6. The number of hydrogen-bond acceptors (Lipinski definition) is 5. The van der Waals surface area contributed by atoms with Gasteiger partial charge in [-0.2, -0.15) is 0 Å². The molecule has 6 nitrogen and oxygen atoms in total. The maximum atomic E-state index is 12.5. The van der Waals surface area contributed by atoms with Gasteiger partial charge in [0.2, 0.25) is 5.91 Å². The number of amides is 1. The van der Waals surface area contributed by atoms with E-state index < -0.39 is 36.9 Å². The van der Waals surface area contributed by atoms with Crippen LogP contribution in [0.5, 0.6) is 0 Å². The van der Waals surface area contributed by atoms with Gasteiger partial charge in [-0.3, -0.25) is 4.79 Å². The van der Waals surface area contributed by atoms with E-state index in [1.165, 1.54) is 154 Å². The molecule has 0 unspecified atom stereocenters. The van der Waals surface area contributed by atoms with E-state index in [1.54, 1.807) is 0 Å². The van der Waals surface area contributed by atoms with Crippen LogP contribution < -0.4 is 5.32 Å². The summed E-state index contributed by atoms with van der Waals surface area (Å²) in [6.07, 6.45) is 39.6. The predicted molar refractivity (Wildman–Crippen MR) is 205 cm³/mol. The number of unbranched alkanes of at least 4 members (excludes halogenated alkanes) is 27. The zero-order valence-electron chi connectivity index (χ0n) is 32.0. The maximum absolute atomic E-state index is 12.5. The molecule has 0 aromatic carbocycles. The third-order valence-electron chi connectivity index (χ3n) is 9.98. The summed E-state index contributed by atoms with van der Waals surface area (Å²) in [4.78, 5) is 12.5. The van der Waals surface area contributed by atoms with Gasteiger partial charge in [0.25, 0.3) is 0 Å². The Labute approximate surface area is 298 Å². The molecular weight excluding hydrogens is 598 g/mol. The van der Waals surface area contributed by atoms with Crippen LogP contribution in [0.25, 0.3) is 0 Å². The van der Waals surface area contributed by atoms with E-state index in [9.17, 15) is 25.2 Å². The minimum atomic E-state index is -1.28. The number of carbonyl (C=O) groups excluding carboxylic acids is 1. The van der Waals surface area contributed by atoms with Gasteiger partial charge in [0.05, 0.1) is 18.8 Å². The molecule has 0 fully saturated rings. The Morgan fingerprint density at radius 1 is 0.500 bits per heavy atom. The third-order valence-corrected chi connectivity index (χ3v) is 9.98. The van der Waals surface area contributed by atoms with Crippen molar-refractivity contribution in [1.82, 2.24) is 5.32 Å². The molecule has 0 spiro atoms. The Morgan fingerprint density at radius 2 is 0.854 bits per heavy atom. The average Bonchev–Trinajstić information content (AvgIpc) is 3.09. The fourth-order valence-corrected chi connectivity index (χ4v) is 6.58. The molecule has 5 N–H and O–H groups in total. The summed E-state index contributed by atoms with van der Waals surface area (Å²) >= 11 is 0. The number of rotatable bonds is 38. The fourth-order valence-electron chi connectivity index (χ4n) is 6.58. The lowest BCUT2D eigenvalue weighted by Crippen LogP contribution is -2.53. The lowest BCUT2D eigenvalue weighted by atomic mass is 10.00. The molecule has 0 radical (unpaired) electrons. The van der Waals surface area contributed by atoms with Gasteiger partial charge in [-0.25, -0.2) is 0 Å². The van der Waals surface area contributed by atoms with Gasteiger partial charge >= 0.3 is 0 Å². The second-order valence-electron chi connectivity index (χ2n) is 14.7. The van der Waals surface area contributed by atoms with Crippen LogP contribution in [0.2, 0.25) is 0 Å². The predicted octanol–water partition coefficient (Wildman–Crippen LogP) is 10.6. The monoisotopic (exact) mass is 682 g/mol. The fraction of sp³-hybridized carbons (Fsp3) is 0.929. The third kappa shape index (κ3) is 31.1. The summed E-state index contributed by atoms with van der Waals surface area (Å²) in [5.41, 5.74) is 0. The molecule has 4 atom stereocenters. The molecule has 1 amide bonds. The first-order chi connectivity index (χ1) is 23.5. The van der Waals surface area contributed by atoms with Crippen molar-refractivity contribution < 1.29 is 25.2 Å². The van der Waals surface area contributed by atoms with Gasteiger partial charge in [0.1, 0.15) is 12.2 Å². The lowest BCUT2D eigenvalue weighted by molar-refractivity contribution is -0.132. The molecule has 0 aliphatic rings. The van der Waals surface area contributed by atoms with E-state index in [2.05, 4.69) is 31.3 Å². The number of aliphatic hydroxyl groups is 4. The molecule has 0 aliphatic heterocycles. The Bertz CT molecular complexity index is 687. The average molecular weight is 682 g/mol. The van der Waals surface area contributed by atoms with E-state index in [4.69, 9.17) is 0 Å². The van der Waals surface area contributed by atoms with E-state index >= 15 is 0 Å². The van der Waals surface area contributed by atoms with Crippen LogP contribution in [0.1, 0.15) is 219 Å². The van der Waals surface area contributed by atoms with Crippen molar-refractivity contribution >= 4 is 5.91 Å². The standard InChI is InChI=1S/C42H83NO5/c1-3-5-7-9-11-13-15-17-18-19-20-21-22-23-24-26-28-30-32-34-36-40(46)42(48)43-38(37-44)41(47)39(45)35-33-31-29-27-25-16-14-12-10-8-6-4-2/h27,29,38-41,44-47H,3-26,28,30-37H2,1-2H3,(H,43,48)/b29-27+/t38-,39+,40-,41-/m0/s1. The highest BCUT2D eigenvalue weighted by molar-refractivity contribution is 5.80. The SMILES string of the molecule is CCCCCCCCC/C=C/CCC[C@@H](O)[C@@H](O)[C@H](CO)NC(=O)[C@@H](O)CCCCCCCCCCCCCCCCCCCCCC. The molecule has 0 rings (SSSR count). The van der Waals surface area contributed by atoms with Gasteiger partial charge in [-0.05, 0) is 38.5 Å². The van der Waals surface area contributed by atoms with E-state index in [-0.39, 0.29) is 0 Å². The van der Waals surface area contributed by atoms with Crippen molar-refractivity contribution in [3.8, 4) is 0 Å². The Hall–Kier alpha value is -0.950. The van der Waals surface area contributed by atoms with Gasteiger partial charge in [-0.15, -0.1) is 0 Å². The molecule has 6 heteroatoms. The highest BCUT2D eigenvalue weighted by atomic mass is 16.3. The van der Waals surface area contributed by atoms with Crippen LogP contribution in [0.15, 0.2) is 12.2 Å². The summed E-state index contributed by atoms with van der Waals surface area (Å²) in [5.74, 6) is -0.591. The van der Waals surface area contributed by atoms with Crippen molar-refractivity contribution in [2.24, 2.45) is 0 Å². The van der Waals surface area contributed by atoms with Crippen molar-refractivity contribution in [2.75, 3.05) is 6.61 Å². The van der Waals surface area contributed by atoms with Crippen molar-refractivity contribution in [3.05, 3.63) is 12.2 Å². The minimum Gasteiger partial charge on any atom is -0.394 e. The van der Waals surface area contributed by atoms with Crippen LogP contribution >= 0.6 is 0 Å². The molecule has 0 saturated heterocycles. The minimum absolute atomic E-state index is 0.368. The van der Waals surface area contributed by atoms with Crippen molar-refractivity contribution in [3.63, 3.8) is 0 Å². The summed E-state index contributed by atoms with van der Waals surface area (Å²) in [7, 11) is 0. The van der Waals surface area contributed by atoms with Gasteiger partial charge in [-0.1, -0.05) is 193 Å². The highest BCUT2D eigenvalue weighted by Crippen LogP contribution is 2.16. The quantitative estimate of drug-likeness (QED) is 0.0329. The number of allylic oxidation sites excluding steroid dienone is 2. The van der Waals surface area contributed by atoms with Crippen molar-refractivity contribution in [2.45, 2.75) is 244 Å². The first kappa shape index (κ1) is 47.0. The van der Waals surface area contributed by atoms with E-state index in [0.29, 0.717) is 12.8 Å². The second-order valence-corrected chi connectivity index (χ2v) is 14.7. The molecule has 0 aromatic heterocycles.